The maximum absolute atomic E-state index is 12.0. The van der Waals surface area contributed by atoms with E-state index in [0.29, 0.717) is 19.3 Å². The number of carbonyl (C=O) groups is 2. The Kier molecular flexibility index (Phi) is 3.79. The van der Waals surface area contributed by atoms with Crippen molar-refractivity contribution in [2.24, 2.45) is 17.6 Å². The summed E-state index contributed by atoms with van der Waals surface area (Å²) in [6.07, 6.45) is 1.19. The van der Waals surface area contributed by atoms with Gasteiger partial charge in [-0.25, -0.2) is 0 Å². The van der Waals surface area contributed by atoms with Crippen LogP contribution in [0.15, 0.2) is 0 Å². The number of primary amides is 1. The first-order valence-corrected chi connectivity index (χ1v) is 5.99. The SMILES string of the molecule is NC(=O)[C@@H]1CC[C@H](C(=O)N2CC(OC(F)F)C2)C1. The van der Waals surface area contributed by atoms with Crippen molar-refractivity contribution in [3.63, 3.8) is 0 Å². The zero-order valence-electron chi connectivity index (χ0n) is 9.85. The molecule has 0 spiro atoms. The van der Waals surface area contributed by atoms with Crippen LogP contribution in [0.5, 0.6) is 0 Å². The number of ether oxygens (including phenoxy) is 1. The summed E-state index contributed by atoms with van der Waals surface area (Å²) in [5.41, 5.74) is 5.19. The number of amides is 2. The highest BCUT2D eigenvalue weighted by atomic mass is 19.3. The Labute approximate surface area is 103 Å². The van der Waals surface area contributed by atoms with Crippen molar-refractivity contribution in [1.29, 1.82) is 0 Å². The van der Waals surface area contributed by atoms with Crippen LogP contribution in [0.3, 0.4) is 0 Å². The lowest BCUT2D eigenvalue weighted by atomic mass is 10.0. The molecule has 7 heteroatoms. The van der Waals surface area contributed by atoms with Crippen LogP contribution in [-0.2, 0) is 14.3 Å². The molecule has 0 aromatic carbocycles. The highest BCUT2D eigenvalue weighted by molar-refractivity contribution is 5.83. The number of carbonyl (C=O) groups excluding carboxylic acids is 2. The Morgan fingerprint density at radius 3 is 2.33 bits per heavy atom. The number of alkyl halides is 2. The molecule has 1 saturated heterocycles. The largest absolute Gasteiger partial charge is 0.369 e. The third-order valence-electron chi connectivity index (χ3n) is 3.64. The summed E-state index contributed by atoms with van der Waals surface area (Å²) >= 11 is 0. The van der Waals surface area contributed by atoms with E-state index in [1.807, 2.05) is 0 Å². The molecule has 0 aromatic heterocycles. The fourth-order valence-corrected chi connectivity index (χ4v) is 2.57. The lowest BCUT2D eigenvalue weighted by Gasteiger charge is -2.39. The molecule has 0 bridgehead atoms. The maximum atomic E-state index is 12.0. The van der Waals surface area contributed by atoms with E-state index in [2.05, 4.69) is 4.74 Å². The summed E-state index contributed by atoms with van der Waals surface area (Å²) in [5, 5.41) is 0. The van der Waals surface area contributed by atoms with Gasteiger partial charge in [0.15, 0.2) is 0 Å². The molecule has 0 aromatic rings. The number of hydrogen-bond donors (Lipinski definition) is 1. The van der Waals surface area contributed by atoms with Crippen molar-refractivity contribution < 1.29 is 23.1 Å². The van der Waals surface area contributed by atoms with Crippen molar-refractivity contribution >= 4 is 11.8 Å². The number of likely N-dealkylation sites (tertiary alicyclic amines) is 1. The summed E-state index contributed by atoms with van der Waals surface area (Å²) in [7, 11) is 0. The van der Waals surface area contributed by atoms with Crippen LogP contribution in [0.1, 0.15) is 19.3 Å². The second-order valence-electron chi connectivity index (χ2n) is 4.87. The molecule has 1 heterocycles. The lowest BCUT2D eigenvalue weighted by Crippen LogP contribution is -2.56. The highest BCUT2D eigenvalue weighted by Gasteiger charge is 2.40. The summed E-state index contributed by atoms with van der Waals surface area (Å²) in [6.45, 7) is -2.38. The molecule has 0 radical (unpaired) electrons. The molecule has 1 aliphatic carbocycles. The minimum atomic E-state index is -2.79. The van der Waals surface area contributed by atoms with E-state index in [0.717, 1.165) is 0 Å². The smallest absolute Gasteiger partial charge is 0.345 e. The number of nitrogens with zero attached hydrogens (tertiary/aromatic N) is 1. The Balaban J connectivity index is 1.76. The van der Waals surface area contributed by atoms with Crippen molar-refractivity contribution in [3.05, 3.63) is 0 Å². The third kappa shape index (κ3) is 2.77. The summed E-state index contributed by atoms with van der Waals surface area (Å²) < 4.78 is 28.1. The quantitative estimate of drug-likeness (QED) is 0.794. The first kappa shape index (κ1) is 13.2. The van der Waals surface area contributed by atoms with E-state index < -0.39 is 12.7 Å². The van der Waals surface area contributed by atoms with Gasteiger partial charge in [0.05, 0.1) is 6.10 Å². The zero-order chi connectivity index (χ0) is 13.3. The summed E-state index contributed by atoms with van der Waals surface area (Å²) in [5.74, 6) is -0.871. The predicted molar refractivity (Wildman–Crippen MR) is 57.5 cm³/mol. The Hall–Kier alpha value is -1.24. The van der Waals surface area contributed by atoms with E-state index in [-0.39, 0.29) is 36.7 Å². The third-order valence-corrected chi connectivity index (χ3v) is 3.64. The molecule has 5 nitrogen and oxygen atoms in total. The van der Waals surface area contributed by atoms with E-state index in [1.54, 1.807) is 0 Å². The van der Waals surface area contributed by atoms with Gasteiger partial charge < -0.3 is 15.4 Å². The van der Waals surface area contributed by atoms with Gasteiger partial charge in [-0.2, -0.15) is 8.78 Å². The van der Waals surface area contributed by atoms with E-state index in [9.17, 15) is 18.4 Å². The average Bonchev–Trinajstić information content (AvgIpc) is 2.70. The Morgan fingerprint density at radius 1 is 1.22 bits per heavy atom. The minimum absolute atomic E-state index is 0.0760. The maximum Gasteiger partial charge on any atom is 0.345 e. The van der Waals surface area contributed by atoms with Gasteiger partial charge in [-0.15, -0.1) is 0 Å². The van der Waals surface area contributed by atoms with Gasteiger partial charge >= 0.3 is 6.61 Å². The summed E-state index contributed by atoms with van der Waals surface area (Å²) in [4.78, 5) is 24.4. The highest BCUT2D eigenvalue weighted by Crippen LogP contribution is 2.33. The van der Waals surface area contributed by atoms with Gasteiger partial charge in [0.25, 0.3) is 0 Å². The van der Waals surface area contributed by atoms with E-state index >= 15 is 0 Å². The van der Waals surface area contributed by atoms with Crippen LogP contribution >= 0.6 is 0 Å². The molecule has 18 heavy (non-hydrogen) atoms. The Bertz CT molecular complexity index is 345. The van der Waals surface area contributed by atoms with Crippen LogP contribution in [0.25, 0.3) is 0 Å². The first-order valence-electron chi connectivity index (χ1n) is 5.99. The van der Waals surface area contributed by atoms with E-state index in [4.69, 9.17) is 5.73 Å². The van der Waals surface area contributed by atoms with Gasteiger partial charge in [0.2, 0.25) is 11.8 Å². The normalized spacial score (nSPS) is 28.5. The molecule has 102 valence electrons. The molecule has 2 N–H and O–H groups in total. The van der Waals surface area contributed by atoms with E-state index in [1.165, 1.54) is 4.90 Å². The van der Waals surface area contributed by atoms with Crippen LogP contribution in [-0.4, -0.2) is 42.5 Å². The van der Waals surface area contributed by atoms with Gasteiger partial charge in [0.1, 0.15) is 0 Å². The standard InChI is InChI=1S/C11H16F2N2O3/c12-11(13)18-8-4-15(5-8)10(17)7-2-1-6(3-7)9(14)16/h6-8,11H,1-5H2,(H2,14,16)/t6-,7+/m1/s1. The molecular weight excluding hydrogens is 246 g/mol. The molecular formula is C11H16F2N2O3. The number of nitrogens with two attached hydrogens (primary N) is 1. The monoisotopic (exact) mass is 262 g/mol. The molecule has 1 saturated carbocycles. The molecule has 2 atom stereocenters. The first-order chi connectivity index (χ1) is 8.47. The second kappa shape index (κ2) is 5.17. The molecule has 2 fully saturated rings. The van der Waals surface area contributed by atoms with Gasteiger partial charge in [-0.1, -0.05) is 0 Å². The van der Waals surface area contributed by atoms with Crippen LogP contribution in [0.2, 0.25) is 0 Å². The van der Waals surface area contributed by atoms with Gasteiger partial charge in [-0.05, 0) is 19.3 Å². The minimum Gasteiger partial charge on any atom is -0.369 e. The number of halogens is 2. The van der Waals surface area contributed by atoms with Crippen molar-refractivity contribution in [1.82, 2.24) is 4.90 Å². The van der Waals surface area contributed by atoms with Crippen molar-refractivity contribution in [3.8, 4) is 0 Å². The second-order valence-corrected chi connectivity index (χ2v) is 4.87. The van der Waals surface area contributed by atoms with Crippen LogP contribution < -0.4 is 5.73 Å². The fourth-order valence-electron chi connectivity index (χ4n) is 2.57. The van der Waals surface area contributed by atoms with Gasteiger partial charge in [-0.3, -0.25) is 9.59 Å². The molecule has 2 rings (SSSR count). The molecule has 1 aliphatic heterocycles. The topological polar surface area (TPSA) is 72.6 Å². The van der Waals surface area contributed by atoms with Gasteiger partial charge in [0, 0.05) is 24.9 Å². The zero-order valence-corrected chi connectivity index (χ0v) is 9.85. The fraction of sp³-hybridized carbons (Fsp3) is 0.818. The average molecular weight is 262 g/mol. The molecule has 2 amide bonds. The molecule has 0 unspecified atom stereocenters. The Morgan fingerprint density at radius 2 is 1.83 bits per heavy atom. The summed E-state index contributed by atoms with van der Waals surface area (Å²) in [6, 6.07) is 0. The number of hydrogen-bond acceptors (Lipinski definition) is 3. The lowest BCUT2D eigenvalue weighted by molar-refractivity contribution is -0.200. The van der Waals surface area contributed by atoms with Crippen molar-refractivity contribution in [2.45, 2.75) is 32.0 Å². The molecule has 2 aliphatic rings. The predicted octanol–water partition coefficient (Wildman–Crippen LogP) is 0.338. The van der Waals surface area contributed by atoms with Crippen LogP contribution in [0.4, 0.5) is 8.78 Å². The number of rotatable bonds is 4. The van der Waals surface area contributed by atoms with Crippen molar-refractivity contribution in [2.75, 3.05) is 13.1 Å². The van der Waals surface area contributed by atoms with Crippen LogP contribution in [0, 0.1) is 11.8 Å².